The zero-order valence-electron chi connectivity index (χ0n) is 16.1. The van der Waals surface area contributed by atoms with Crippen LogP contribution in [0.25, 0.3) is 0 Å². The average Bonchev–Trinajstić information content (AvgIpc) is 3.02. The minimum Gasteiger partial charge on any atom is -0.324 e. The minimum atomic E-state index is -0.356. The fraction of sp³-hybridized carbons (Fsp3) is 0.292. The monoisotopic (exact) mass is 407 g/mol. The number of benzene rings is 2. The van der Waals surface area contributed by atoms with E-state index in [1.165, 1.54) is 0 Å². The molecule has 2 aromatic carbocycles. The number of amides is 1. The van der Waals surface area contributed by atoms with Crippen LogP contribution in [0.4, 0.5) is 0 Å². The van der Waals surface area contributed by atoms with Gasteiger partial charge in [-0.2, -0.15) is 0 Å². The summed E-state index contributed by atoms with van der Waals surface area (Å²) in [7, 11) is 0. The van der Waals surface area contributed by atoms with Gasteiger partial charge in [0.25, 0.3) is 5.91 Å². The SMILES string of the molecule is C=C1CCC(N2Cc3cc(CCC(=O)c4ccccc4Cl)ccc3C2=O)C(=O)C1. The van der Waals surface area contributed by atoms with Gasteiger partial charge in [-0.15, -0.1) is 0 Å². The highest BCUT2D eigenvalue weighted by Gasteiger charge is 2.37. The van der Waals surface area contributed by atoms with Gasteiger partial charge in [-0.05, 0) is 48.6 Å². The molecule has 0 saturated heterocycles. The van der Waals surface area contributed by atoms with Crippen LogP contribution in [-0.4, -0.2) is 28.4 Å². The third kappa shape index (κ3) is 3.90. The molecule has 1 aliphatic carbocycles. The molecule has 2 aromatic rings. The van der Waals surface area contributed by atoms with Gasteiger partial charge in [0.2, 0.25) is 0 Å². The second kappa shape index (κ2) is 7.96. The van der Waals surface area contributed by atoms with Crippen molar-refractivity contribution in [3.05, 3.63) is 81.9 Å². The fourth-order valence-corrected chi connectivity index (χ4v) is 4.41. The molecule has 148 valence electrons. The Kier molecular flexibility index (Phi) is 5.37. The van der Waals surface area contributed by atoms with E-state index >= 15 is 0 Å². The summed E-state index contributed by atoms with van der Waals surface area (Å²) in [6, 6.07) is 12.4. The molecule has 5 heteroatoms. The predicted molar refractivity (Wildman–Crippen MR) is 112 cm³/mol. The van der Waals surface area contributed by atoms with Crippen molar-refractivity contribution in [2.45, 2.75) is 44.7 Å². The van der Waals surface area contributed by atoms with E-state index in [9.17, 15) is 14.4 Å². The second-order valence-electron chi connectivity index (χ2n) is 7.78. The summed E-state index contributed by atoms with van der Waals surface area (Å²) in [5.74, 6) is -0.000597. The van der Waals surface area contributed by atoms with Gasteiger partial charge in [0, 0.05) is 30.5 Å². The Morgan fingerprint density at radius 3 is 2.72 bits per heavy atom. The van der Waals surface area contributed by atoms with E-state index in [4.69, 9.17) is 11.6 Å². The molecular formula is C24H22ClNO3. The van der Waals surface area contributed by atoms with Crippen LogP contribution in [-0.2, 0) is 17.8 Å². The smallest absolute Gasteiger partial charge is 0.255 e. The number of allylic oxidation sites excluding steroid dienone is 1. The van der Waals surface area contributed by atoms with E-state index in [2.05, 4.69) is 6.58 Å². The van der Waals surface area contributed by atoms with E-state index in [-0.39, 0.29) is 23.5 Å². The molecular weight excluding hydrogens is 386 g/mol. The van der Waals surface area contributed by atoms with Gasteiger partial charge in [-0.1, -0.05) is 48.0 Å². The molecule has 0 radical (unpaired) electrons. The Hall–Kier alpha value is -2.72. The van der Waals surface area contributed by atoms with Crippen molar-refractivity contribution in [2.75, 3.05) is 0 Å². The molecule has 1 atom stereocenters. The molecule has 0 bridgehead atoms. The summed E-state index contributed by atoms with van der Waals surface area (Å²) < 4.78 is 0. The fourth-order valence-electron chi connectivity index (χ4n) is 4.17. The second-order valence-corrected chi connectivity index (χ2v) is 8.18. The average molecular weight is 408 g/mol. The summed E-state index contributed by atoms with van der Waals surface area (Å²) in [6.07, 6.45) is 2.72. The molecule has 2 aliphatic rings. The number of aryl methyl sites for hydroxylation is 1. The number of carbonyl (C=O) groups is 3. The first-order valence-electron chi connectivity index (χ1n) is 9.84. The van der Waals surface area contributed by atoms with E-state index in [0.717, 1.165) is 23.1 Å². The van der Waals surface area contributed by atoms with E-state index in [1.807, 2.05) is 18.2 Å². The molecule has 0 spiro atoms. The number of Topliss-reactive ketones (excluding diaryl/α,β-unsaturated/α-hetero) is 2. The van der Waals surface area contributed by atoms with Gasteiger partial charge in [0.1, 0.15) is 0 Å². The maximum absolute atomic E-state index is 12.8. The molecule has 0 aromatic heterocycles. The molecule has 4 nitrogen and oxygen atoms in total. The Balaban J connectivity index is 1.45. The topological polar surface area (TPSA) is 54.5 Å². The van der Waals surface area contributed by atoms with Crippen molar-refractivity contribution in [1.29, 1.82) is 0 Å². The Labute approximate surface area is 175 Å². The lowest BCUT2D eigenvalue weighted by Gasteiger charge is -2.30. The highest BCUT2D eigenvalue weighted by Crippen LogP contribution is 2.31. The van der Waals surface area contributed by atoms with Crippen LogP contribution in [0.1, 0.15) is 57.5 Å². The lowest BCUT2D eigenvalue weighted by atomic mass is 9.90. The Morgan fingerprint density at radius 2 is 1.97 bits per heavy atom. The summed E-state index contributed by atoms with van der Waals surface area (Å²) >= 11 is 6.11. The Bertz CT molecular complexity index is 1030. The minimum absolute atomic E-state index is 0.00170. The van der Waals surface area contributed by atoms with Crippen LogP contribution in [0.2, 0.25) is 5.02 Å². The van der Waals surface area contributed by atoms with Crippen molar-refractivity contribution in [1.82, 2.24) is 4.90 Å². The molecule has 0 N–H and O–H groups in total. The third-order valence-electron chi connectivity index (χ3n) is 5.76. The number of rotatable bonds is 5. The molecule has 1 fully saturated rings. The van der Waals surface area contributed by atoms with Crippen LogP contribution in [0, 0.1) is 0 Å². The van der Waals surface area contributed by atoms with E-state index in [0.29, 0.717) is 48.4 Å². The molecule has 1 saturated carbocycles. The van der Waals surface area contributed by atoms with Crippen molar-refractivity contribution in [2.24, 2.45) is 0 Å². The highest BCUT2D eigenvalue weighted by molar-refractivity contribution is 6.33. The van der Waals surface area contributed by atoms with Crippen LogP contribution in [0.5, 0.6) is 0 Å². The lowest BCUT2D eigenvalue weighted by Crippen LogP contribution is -2.43. The molecule has 4 rings (SSSR count). The predicted octanol–water partition coefficient (Wildman–Crippen LogP) is 4.79. The van der Waals surface area contributed by atoms with Crippen molar-refractivity contribution in [3.8, 4) is 0 Å². The van der Waals surface area contributed by atoms with Crippen molar-refractivity contribution < 1.29 is 14.4 Å². The first-order chi connectivity index (χ1) is 13.9. The van der Waals surface area contributed by atoms with Gasteiger partial charge in [-0.25, -0.2) is 0 Å². The van der Waals surface area contributed by atoms with Gasteiger partial charge in [0.05, 0.1) is 11.1 Å². The number of hydrogen-bond acceptors (Lipinski definition) is 3. The summed E-state index contributed by atoms with van der Waals surface area (Å²) in [4.78, 5) is 39.3. The number of ketones is 2. The van der Waals surface area contributed by atoms with Gasteiger partial charge in [0.15, 0.2) is 11.6 Å². The molecule has 29 heavy (non-hydrogen) atoms. The number of nitrogens with zero attached hydrogens (tertiary/aromatic N) is 1. The van der Waals surface area contributed by atoms with Gasteiger partial charge >= 0.3 is 0 Å². The number of fused-ring (bicyclic) bond motifs is 1. The zero-order valence-corrected chi connectivity index (χ0v) is 16.9. The first kappa shape index (κ1) is 19.6. The molecule has 1 aliphatic heterocycles. The van der Waals surface area contributed by atoms with E-state index < -0.39 is 0 Å². The maximum Gasteiger partial charge on any atom is 0.255 e. The largest absolute Gasteiger partial charge is 0.324 e. The molecule has 1 unspecified atom stereocenters. The van der Waals surface area contributed by atoms with Gasteiger partial charge < -0.3 is 4.90 Å². The van der Waals surface area contributed by atoms with Crippen LogP contribution < -0.4 is 0 Å². The Morgan fingerprint density at radius 1 is 1.17 bits per heavy atom. The normalized spacial score (nSPS) is 18.9. The number of carbonyl (C=O) groups excluding carboxylic acids is 3. The van der Waals surface area contributed by atoms with Crippen molar-refractivity contribution >= 4 is 29.1 Å². The summed E-state index contributed by atoms with van der Waals surface area (Å²) in [6.45, 7) is 4.35. The highest BCUT2D eigenvalue weighted by atomic mass is 35.5. The molecule has 1 amide bonds. The third-order valence-corrected chi connectivity index (χ3v) is 6.09. The lowest BCUT2D eigenvalue weighted by molar-refractivity contribution is -0.124. The van der Waals surface area contributed by atoms with Crippen molar-refractivity contribution in [3.63, 3.8) is 0 Å². The summed E-state index contributed by atoms with van der Waals surface area (Å²) in [5.41, 5.74) is 4.07. The van der Waals surface area contributed by atoms with Crippen LogP contribution in [0.3, 0.4) is 0 Å². The maximum atomic E-state index is 12.8. The zero-order chi connectivity index (χ0) is 20.5. The van der Waals surface area contributed by atoms with E-state index in [1.54, 1.807) is 29.2 Å². The van der Waals surface area contributed by atoms with Crippen LogP contribution >= 0.6 is 11.6 Å². The van der Waals surface area contributed by atoms with Gasteiger partial charge in [-0.3, -0.25) is 14.4 Å². The molecule has 1 heterocycles. The standard InChI is InChI=1S/C24H22ClNO3/c1-15-6-10-21(23(28)12-15)26-14-17-13-16(7-9-18(17)24(26)29)8-11-22(27)19-4-2-3-5-20(19)25/h2-5,7,9,13,21H,1,6,8,10-12,14H2. The quantitative estimate of drug-likeness (QED) is 0.529. The summed E-state index contributed by atoms with van der Waals surface area (Å²) in [5, 5.41) is 0.465. The van der Waals surface area contributed by atoms with Crippen LogP contribution in [0.15, 0.2) is 54.6 Å². The number of hydrogen-bond donors (Lipinski definition) is 0. The first-order valence-corrected chi connectivity index (χ1v) is 10.2. The number of halogens is 1.